The van der Waals surface area contributed by atoms with E-state index in [0.29, 0.717) is 23.5 Å². The number of hydrogen-bond donors (Lipinski definition) is 1. The van der Waals surface area contributed by atoms with Crippen molar-refractivity contribution in [3.05, 3.63) is 76.2 Å². The van der Waals surface area contributed by atoms with Gasteiger partial charge in [-0.25, -0.2) is 9.37 Å². The zero-order chi connectivity index (χ0) is 19.4. The van der Waals surface area contributed by atoms with Crippen LogP contribution in [0.3, 0.4) is 0 Å². The van der Waals surface area contributed by atoms with Crippen molar-refractivity contribution in [3.63, 3.8) is 0 Å². The van der Waals surface area contributed by atoms with Gasteiger partial charge in [-0.05, 0) is 42.8 Å². The lowest BCUT2D eigenvalue weighted by atomic mass is 10.1. The number of aromatic nitrogens is 3. The smallest absolute Gasteiger partial charge is 0.268 e. The molecular formula is C19H19FN4O2S. The number of nitrogens with zero attached hydrogens (tertiary/aromatic N) is 3. The maximum Gasteiger partial charge on any atom is 0.268 e. The van der Waals surface area contributed by atoms with Crippen LogP contribution in [-0.4, -0.2) is 32.3 Å². The van der Waals surface area contributed by atoms with E-state index in [9.17, 15) is 14.0 Å². The molecule has 0 aliphatic carbocycles. The first kappa shape index (κ1) is 18.9. The molecule has 0 saturated heterocycles. The summed E-state index contributed by atoms with van der Waals surface area (Å²) in [4.78, 5) is 29.5. The first-order valence-electron chi connectivity index (χ1n) is 8.34. The van der Waals surface area contributed by atoms with Crippen LogP contribution in [-0.2, 0) is 7.05 Å². The van der Waals surface area contributed by atoms with Crippen molar-refractivity contribution in [1.29, 1.82) is 0 Å². The van der Waals surface area contributed by atoms with E-state index in [1.807, 2.05) is 17.8 Å². The van der Waals surface area contributed by atoms with Crippen molar-refractivity contribution in [2.75, 3.05) is 12.3 Å². The van der Waals surface area contributed by atoms with E-state index in [1.165, 1.54) is 40.6 Å². The maximum absolute atomic E-state index is 13.1. The minimum absolute atomic E-state index is 0.0869. The molecule has 3 rings (SSSR count). The predicted octanol–water partition coefficient (Wildman–Crippen LogP) is 2.54. The fourth-order valence-corrected chi connectivity index (χ4v) is 3.38. The normalized spacial score (nSPS) is 10.8. The van der Waals surface area contributed by atoms with Crippen LogP contribution in [0.4, 0.5) is 4.39 Å². The lowest BCUT2D eigenvalue weighted by molar-refractivity contribution is 0.0953. The lowest BCUT2D eigenvalue weighted by Gasteiger charge is -2.11. The summed E-state index contributed by atoms with van der Waals surface area (Å²) < 4.78 is 16.4. The highest BCUT2D eigenvalue weighted by Crippen LogP contribution is 2.13. The molecule has 3 aromatic rings. The summed E-state index contributed by atoms with van der Waals surface area (Å²) in [5, 5.41) is 3.64. The van der Waals surface area contributed by atoms with Gasteiger partial charge < -0.3 is 9.88 Å². The molecule has 2 heterocycles. The lowest BCUT2D eigenvalue weighted by Crippen LogP contribution is -2.34. The summed E-state index contributed by atoms with van der Waals surface area (Å²) in [7, 11) is 1.90. The van der Waals surface area contributed by atoms with Crippen LogP contribution in [0.15, 0.2) is 58.9 Å². The Hall–Kier alpha value is -2.87. The molecule has 0 bridgehead atoms. The van der Waals surface area contributed by atoms with Crippen molar-refractivity contribution < 1.29 is 9.18 Å². The Morgan fingerprint density at radius 1 is 1.22 bits per heavy atom. The van der Waals surface area contributed by atoms with Crippen molar-refractivity contribution in [2.24, 2.45) is 7.05 Å². The van der Waals surface area contributed by atoms with E-state index in [1.54, 1.807) is 25.4 Å². The van der Waals surface area contributed by atoms with Crippen LogP contribution in [0, 0.1) is 12.7 Å². The molecule has 0 unspecified atom stereocenters. The Morgan fingerprint density at radius 2 is 1.96 bits per heavy atom. The van der Waals surface area contributed by atoms with Gasteiger partial charge in [0.1, 0.15) is 11.4 Å². The minimum Gasteiger partial charge on any atom is -0.351 e. The van der Waals surface area contributed by atoms with Crippen LogP contribution in [0.5, 0.6) is 0 Å². The highest BCUT2D eigenvalue weighted by molar-refractivity contribution is 7.99. The average molecular weight is 386 g/mol. The molecular weight excluding hydrogens is 367 g/mol. The monoisotopic (exact) mass is 386 g/mol. The third-order valence-electron chi connectivity index (χ3n) is 4.03. The van der Waals surface area contributed by atoms with Gasteiger partial charge in [0.05, 0.1) is 0 Å². The number of thioether (sulfide) groups is 1. The Bertz CT molecular complexity index is 1010. The number of carbonyl (C=O) groups excluding carboxylic acids is 1. The highest BCUT2D eigenvalue weighted by Gasteiger charge is 2.16. The summed E-state index contributed by atoms with van der Waals surface area (Å²) in [5.41, 5.74) is 0.744. The number of benzene rings is 1. The van der Waals surface area contributed by atoms with E-state index in [4.69, 9.17) is 0 Å². The average Bonchev–Trinajstić information content (AvgIpc) is 3.05. The van der Waals surface area contributed by atoms with Gasteiger partial charge in [0, 0.05) is 43.6 Å². The predicted molar refractivity (Wildman–Crippen MR) is 103 cm³/mol. The van der Waals surface area contributed by atoms with Gasteiger partial charge in [0.2, 0.25) is 0 Å². The molecule has 27 heavy (non-hydrogen) atoms. The molecule has 0 atom stereocenters. The first-order valence-corrected chi connectivity index (χ1v) is 9.32. The van der Waals surface area contributed by atoms with E-state index in [2.05, 4.69) is 10.3 Å². The zero-order valence-corrected chi connectivity index (χ0v) is 15.8. The summed E-state index contributed by atoms with van der Waals surface area (Å²) in [6.45, 7) is 2.12. The number of rotatable bonds is 6. The van der Waals surface area contributed by atoms with Gasteiger partial charge in [0.15, 0.2) is 5.16 Å². The standard InChI is InChI=1S/C19H19FN4O2S/c1-13-7-10-24(15-5-3-14(20)4-6-15)18(26)16(13)17(25)21-9-12-27-19-22-8-11-23(19)2/h3-8,10-11H,9,12H2,1-2H3,(H,21,25). The van der Waals surface area contributed by atoms with Gasteiger partial charge >= 0.3 is 0 Å². The van der Waals surface area contributed by atoms with Gasteiger partial charge in [0.25, 0.3) is 11.5 Å². The number of halogens is 1. The van der Waals surface area contributed by atoms with Crippen LogP contribution in [0.2, 0.25) is 0 Å². The molecule has 8 heteroatoms. The quantitative estimate of drug-likeness (QED) is 0.522. The second kappa shape index (κ2) is 8.22. The second-order valence-corrected chi connectivity index (χ2v) is 7.01. The number of aryl methyl sites for hydroxylation is 2. The molecule has 0 spiro atoms. The number of hydrogen-bond acceptors (Lipinski definition) is 4. The highest BCUT2D eigenvalue weighted by atomic mass is 32.2. The number of nitrogens with one attached hydrogen (secondary N) is 1. The molecule has 2 aromatic heterocycles. The maximum atomic E-state index is 13.1. The van der Waals surface area contributed by atoms with Crippen molar-refractivity contribution in [1.82, 2.24) is 19.4 Å². The third-order valence-corrected chi connectivity index (χ3v) is 5.09. The Kier molecular flexibility index (Phi) is 5.75. The minimum atomic E-state index is -0.434. The molecule has 0 saturated carbocycles. The molecule has 1 N–H and O–H groups in total. The molecule has 140 valence electrons. The molecule has 1 aromatic carbocycles. The van der Waals surface area contributed by atoms with E-state index in [-0.39, 0.29) is 11.4 Å². The summed E-state index contributed by atoms with van der Waals surface area (Å²) >= 11 is 1.52. The SMILES string of the molecule is Cc1ccn(-c2ccc(F)cc2)c(=O)c1C(=O)NCCSc1nccn1C. The van der Waals surface area contributed by atoms with Gasteiger partial charge in [-0.2, -0.15) is 0 Å². The summed E-state index contributed by atoms with van der Waals surface area (Å²) in [6, 6.07) is 7.24. The molecule has 1 amide bonds. The first-order chi connectivity index (χ1) is 13.0. The zero-order valence-electron chi connectivity index (χ0n) is 15.0. The fraction of sp³-hybridized carbons (Fsp3) is 0.211. The molecule has 0 fully saturated rings. The van der Waals surface area contributed by atoms with Gasteiger partial charge in [-0.3, -0.25) is 14.2 Å². The van der Waals surface area contributed by atoms with Crippen LogP contribution < -0.4 is 10.9 Å². The Morgan fingerprint density at radius 3 is 2.63 bits per heavy atom. The molecule has 6 nitrogen and oxygen atoms in total. The molecule has 0 radical (unpaired) electrons. The largest absolute Gasteiger partial charge is 0.351 e. The van der Waals surface area contributed by atoms with E-state index < -0.39 is 11.5 Å². The topological polar surface area (TPSA) is 68.9 Å². The van der Waals surface area contributed by atoms with Crippen LogP contribution in [0.1, 0.15) is 15.9 Å². The number of carbonyl (C=O) groups is 1. The van der Waals surface area contributed by atoms with Crippen LogP contribution >= 0.6 is 11.8 Å². The van der Waals surface area contributed by atoms with Crippen molar-refractivity contribution in [3.8, 4) is 5.69 Å². The van der Waals surface area contributed by atoms with Gasteiger partial charge in [-0.15, -0.1) is 0 Å². The number of amides is 1. The molecule has 0 aliphatic rings. The number of imidazole rings is 1. The van der Waals surface area contributed by atoms with Crippen molar-refractivity contribution >= 4 is 17.7 Å². The number of pyridine rings is 1. The summed E-state index contributed by atoms with van der Waals surface area (Å²) in [5.74, 6) is -0.175. The Balaban J connectivity index is 1.72. The Labute approximate surface area is 160 Å². The summed E-state index contributed by atoms with van der Waals surface area (Å²) in [6.07, 6.45) is 5.15. The van der Waals surface area contributed by atoms with E-state index >= 15 is 0 Å². The van der Waals surface area contributed by atoms with Crippen molar-refractivity contribution in [2.45, 2.75) is 12.1 Å². The van der Waals surface area contributed by atoms with E-state index in [0.717, 1.165) is 5.16 Å². The molecule has 0 aliphatic heterocycles. The second-order valence-electron chi connectivity index (χ2n) is 5.95. The van der Waals surface area contributed by atoms with Crippen LogP contribution in [0.25, 0.3) is 5.69 Å². The fourth-order valence-electron chi connectivity index (χ4n) is 2.59. The third kappa shape index (κ3) is 4.28. The van der Waals surface area contributed by atoms with Gasteiger partial charge in [-0.1, -0.05) is 11.8 Å².